The largest absolute Gasteiger partial charge is 0.381 e. The maximum Gasteiger partial charge on any atom is 0.136 e. The minimum absolute atomic E-state index is 0.0929. The number of ether oxygens (including phenoxy) is 1. The molecule has 1 fully saturated rings. The van der Waals surface area contributed by atoms with Crippen LogP contribution < -0.4 is 5.32 Å². The van der Waals surface area contributed by atoms with Crippen LogP contribution in [0.3, 0.4) is 0 Å². The Bertz CT molecular complexity index is 1210. The van der Waals surface area contributed by atoms with E-state index in [1.165, 1.54) is 10.9 Å². The Morgan fingerprint density at radius 3 is 2.58 bits per heavy atom. The number of fused-ring (bicyclic) bond motifs is 3. The summed E-state index contributed by atoms with van der Waals surface area (Å²) in [5.41, 5.74) is 3.91. The van der Waals surface area contributed by atoms with Gasteiger partial charge in [0.25, 0.3) is 0 Å². The summed E-state index contributed by atoms with van der Waals surface area (Å²) in [7, 11) is 0. The Morgan fingerprint density at radius 1 is 0.968 bits per heavy atom. The number of nitrogens with one attached hydrogen (secondary N) is 3. The molecule has 2 aromatic heterocycles. The summed E-state index contributed by atoms with van der Waals surface area (Å²) in [4.78, 5) is 11.7. The molecular formula is C25H25FN4O. The second-order valence-electron chi connectivity index (χ2n) is 8.61. The Morgan fingerprint density at radius 2 is 1.74 bits per heavy atom. The van der Waals surface area contributed by atoms with Crippen LogP contribution in [-0.2, 0) is 11.2 Å². The summed E-state index contributed by atoms with van der Waals surface area (Å²) in [5, 5.41) is 4.77. The van der Waals surface area contributed by atoms with Crippen molar-refractivity contribution in [2.75, 3.05) is 13.2 Å². The summed E-state index contributed by atoms with van der Waals surface area (Å²) in [5.74, 6) is 0.843. The average Bonchev–Trinajstić information content (AvgIpc) is 3.45. The van der Waals surface area contributed by atoms with E-state index in [0.29, 0.717) is 26.1 Å². The van der Waals surface area contributed by atoms with Crippen molar-refractivity contribution in [3.05, 3.63) is 77.9 Å². The van der Waals surface area contributed by atoms with Gasteiger partial charge >= 0.3 is 0 Å². The first-order valence-electron chi connectivity index (χ1n) is 10.9. The lowest BCUT2D eigenvalue weighted by atomic mass is 9.81. The van der Waals surface area contributed by atoms with Crippen molar-refractivity contribution in [3.8, 4) is 11.3 Å². The number of rotatable bonds is 3. The highest BCUT2D eigenvalue weighted by Crippen LogP contribution is 2.45. The summed E-state index contributed by atoms with van der Waals surface area (Å²) in [6, 6.07) is 17.9. The summed E-state index contributed by atoms with van der Waals surface area (Å²) < 4.78 is 21.7. The monoisotopic (exact) mass is 416 g/mol. The van der Waals surface area contributed by atoms with Crippen LogP contribution in [0.25, 0.3) is 22.2 Å². The molecule has 2 atom stereocenters. The zero-order chi connectivity index (χ0) is 20.8. The SMILES string of the molecule is FC1(C2NC(c3ncc(-c4ccccc4)[nH]3)Cc3c2[nH]c2ccccc32)CCOCC1. The van der Waals surface area contributed by atoms with E-state index in [1.807, 2.05) is 36.5 Å². The van der Waals surface area contributed by atoms with Gasteiger partial charge in [0.15, 0.2) is 0 Å². The Balaban J connectivity index is 1.42. The zero-order valence-electron chi connectivity index (χ0n) is 17.2. The van der Waals surface area contributed by atoms with E-state index in [-0.39, 0.29) is 6.04 Å². The Kier molecular flexibility index (Phi) is 4.44. The molecule has 2 aliphatic heterocycles. The lowest BCUT2D eigenvalue weighted by Crippen LogP contribution is -2.48. The van der Waals surface area contributed by atoms with Crippen LogP contribution in [0.4, 0.5) is 4.39 Å². The third-order valence-corrected chi connectivity index (χ3v) is 6.76. The molecule has 0 amide bonds. The lowest BCUT2D eigenvalue weighted by Gasteiger charge is -2.41. The first-order chi connectivity index (χ1) is 15.2. The fraction of sp³-hybridized carbons (Fsp3) is 0.320. The fourth-order valence-electron chi connectivity index (χ4n) is 5.10. The molecule has 0 bridgehead atoms. The Hall–Kier alpha value is -2.96. The molecular weight excluding hydrogens is 391 g/mol. The van der Waals surface area contributed by atoms with Gasteiger partial charge in [0.2, 0.25) is 0 Å². The lowest BCUT2D eigenvalue weighted by molar-refractivity contribution is -0.0356. The second kappa shape index (κ2) is 7.32. The van der Waals surface area contributed by atoms with Crippen LogP contribution in [0, 0.1) is 0 Å². The molecule has 6 heteroatoms. The number of imidazole rings is 1. The predicted molar refractivity (Wildman–Crippen MR) is 119 cm³/mol. The van der Waals surface area contributed by atoms with Gasteiger partial charge in [-0.2, -0.15) is 0 Å². The molecule has 0 aliphatic carbocycles. The predicted octanol–water partition coefficient (Wildman–Crippen LogP) is 5.00. The maximum absolute atomic E-state index is 16.2. The summed E-state index contributed by atoms with van der Waals surface area (Å²) in [6.07, 6.45) is 3.40. The van der Waals surface area contributed by atoms with Gasteiger partial charge in [-0.05, 0) is 23.6 Å². The van der Waals surface area contributed by atoms with Crippen LogP contribution >= 0.6 is 0 Å². The van der Waals surface area contributed by atoms with Crippen LogP contribution in [0.5, 0.6) is 0 Å². The molecule has 31 heavy (non-hydrogen) atoms. The molecule has 158 valence electrons. The van der Waals surface area contributed by atoms with Gasteiger partial charge in [-0.1, -0.05) is 48.5 Å². The molecule has 0 radical (unpaired) electrons. The number of hydrogen-bond acceptors (Lipinski definition) is 3. The summed E-state index contributed by atoms with van der Waals surface area (Å²) >= 11 is 0. The second-order valence-corrected chi connectivity index (χ2v) is 8.61. The normalized spacial score (nSPS) is 23.0. The molecule has 0 spiro atoms. The van der Waals surface area contributed by atoms with Gasteiger partial charge in [-0.3, -0.25) is 5.32 Å². The molecule has 0 saturated carbocycles. The van der Waals surface area contributed by atoms with Crippen molar-refractivity contribution in [1.29, 1.82) is 0 Å². The number of para-hydroxylation sites is 1. The molecule has 2 aliphatic rings. The van der Waals surface area contributed by atoms with Crippen LogP contribution in [0.15, 0.2) is 60.8 Å². The third kappa shape index (κ3) is 3.18. The molecule has 3 N–H and O–H groups in total. The van der Waals surface area contributed by atoms with Crippen molar-refractivity contribution in [1.82, 2.24) is 20.3 Å². The van der Waals surface area contributed by atoms with Crippen molar-refractivity contribution in [2.24, 2.45) is 0 Å². The summed E-state index contributed by atoms with van der Waals surface area (Å²) in [6.45, 7) is 0.904. The first-order valence-corrected chi connectivity index (χ1v) is 10.9. The van der Waals surface area contributed by atoms with Crippen molar-refractivity contribution in [2.45, 2.75) is 37.0 Å². The number of hydrogen-bond donors (Lipinski definition) is 3. The van der Waals surface area contributed by atoms with Crippen LogP contribution in [-0.4, -0.2) is 33.8 Å². The van der Waals surface area contributed by atoms with Crippen molar-refractivity contribution in [3.63, 3.8) is 0 Å². The van der Waals surface area contributed by atoms with E-state index in [1.54, 1.807) is 0 Å². The standard InChI is InChI=1S/C25H25FN4O/c26-25(10-12-31-13-11-25)23-22-18(17-8-4-5-9-19(17)28-22)14-20(29-23)24-27-15-21(30-24)16-6-2-1-3-7-16/h1-9,15,20,23,28-29H,10-14H2,(H,27,30). The van der Waals surface area contributed by atoms with Crippen molar-refractivity contribution >= 4 is 10.9 Å². The number of nitrogens with zero attached hydrogens (tertiary/aromatic N) is 1. The van der Waals surface area contributed by atoms with Crippen molar-refractivity contribution < 1.29 is 9.13 Å². The molecule has 1 saturated heterocycles. The minimum Gasteiger partial charge on any atom is -0.381 e. The van der Waals surface area contributed by atoms with E-state index in [4.69, 9.17) is 4.74 Å². The van der Waals surface area contributed by atoms with E-state index >= 15 is 4.39 Å². The number of benzene rings is 2. The molecule has 6 rings (SSSR count). The highest BCUT2D eigenvalue weighted by molar-refractivity contribution is 5.85. The number of H-pyrrole nitrogens is 2. The number of aromatic amines is 2. The van der Waals surface area contributed by atoms with Gasteiger partial charge in [-0.25, -0.2) is 9.37 Å². The number of halogens is 1. The molecule has 2 aromatic carbocycles. The van der Waals surface area contributed by atoms with Gasteiger partial charge in [-0.15, -0.1) is 0 Å². The zero-order valence-corrected chi connectivity index (χ0v) is 17.2. The first kappa shape index (κ1) is 18.8. The van der Waals surface area contributed by atoms with Gasteiger partial charge in [0, 0.05) is 42.7 Å². The van der Waals surface area contributed by atoms with Crippen LogP contribution in [0.2, 0.25) is 0 Å². The molecule has 2 unspecified atom stereocenters. The Labute approximate surface area is 180 Å². The van der Waals surface area contributed by atoms with Gasteiger partial charge in [0.1, 0.15) is 11.5 Å². The third-order valence-electron chi connectivity index (χ3n) is 6.76. The number of aromatic nitrogens is 3. The quantitative estimate of drug-likeness (QED) is 0.440. The average molecular weight is 417 g/mol. The highest BCUT2D eigenvalue weighted by atomic mass is 19.1. The minimum atomic E-state index is -1.36. The topological polar surface area (TPSA) is 65.7 Å². The fourth-order valence-corrected chi connectivity index (χ4v) is 5.10. The molecule has 4 aromatic rings. The van der Waals surface area contributed by atoms with Crippen LogP contribution in [0.1, 0.15) is 42.0 Å². The van der Waals surface area contributed by atoms with E-state index in [0.717, 1.165) is 34.7 Å². The molecule has 5 nitrogen and oxygen atoms in total. The number of alkyl halides is 1. The maximum atomic E-state index is 16.2. The van der Waals surface area contributed by atoms with E-state index < -0.39 is 11.7 Å². The van der Waals surface area contributed by atoms with E-state index in [9.17, 15) is 0 Å². The van der Waals surface area contributed by atoms with E-state index in [2.05, 4.69) is 44.5 Å². The smallest absolute Gasteiger partial charge is 0.136 e. The highest BCUT2D eigenvalue weighted by Gasteiger charge is 2.46. The van der Waals surface area contributed by atoms with Gasteiger partial charge < -0.3 is 14.7 Å². The van der Waals surface area contributed by atoms with Gasteiger partial charge in [0.05, 0.1) is 24.0 Å². The molecule has 4 heterocycles.